The highest BCUT2D eigenvalue weighted by atomic mass is 19.4. The lowest BCUT2D eigenvalue weighted by atomic mass is 9.68. The molecule has 0 atom stereocenters. The summed E-state index contributed by atoms with van der Waals surface area (Å²) in [4.78, 5) is 0. The number of allylic oxidation sites excluding steroid dienone is 1. The summed E-state index contributed by atoms with van der Waals surface area (Å²) in [5.74, 6) is 3.76. The van der Waals surface area contributed by atoms with E-state index in [0.29, 0.717) is 5.92 Å². The van der Waals surface area contributed by atoms with Crippen LogP contribution in [-0.4, -0.2) is 12.8 Å². The Kier molecular flexibility index (Phi) is 9.34. The smallest absolute Gasteiger partial charge is 0.422 e. The van der Waals surface area contributed by atoms with E-state index in [-0.39, 0.29) is 5.75 Å². The van der Waals surface area contributed by atoms with Crippen LogP contribution in [0, 0.1) is 23.7 Å². The summed E-state index contributed by atoms with van der Waals surface area (Å²) in [6.45, 7) is 1.04. The van der Waals surface area contributed by atoms with Gasteiger partial charge in [-0.2, -0.15) is 13.2 Å². The highest BCUT2D eigenvalue weighted by Gasteiger charge is 2.30. The van der Waals surface area contributed by atoms with Crippen molar-refractivity contribution in [3.63, 3.8) is 0 Å². The van der Waals surface area contributed by atoms with Gasteiger partial charge in [-0.25, -0.2) is 0 Å². The normalized spacial score (nSPS) is 27.5. The summed E-state index contributed by atoms with van der Waals surface area (Å²) >= 11 is 0. The van der Waals surface area contributed by atoms with Crippen molar-refractivity contribution >= 4 is 6.08 Å². The van der Waals surface area contributed by atoms with E-state index < -0.39 is 12.8 Å². The molecule has 2 fully saturated rings. The minimum absolute atomic E-state index is 0.259. The predicted molar refractivity (Wildman–Crippen MR) is 122 cm³/mol. The minimum atomic E-state index is -4.30. The van der Waals surface area contributed by atoms with Crippen LogP contribution in [0.15, 0.2) is 30.3 Å². The van der Waals surface area contributed by atoms with Crippen LogP contribution in [0.2, 0.25) is 0 Å². The summed E-state index contributed by atoms with van der Waals surface area (Å²) in [5.41, 5.74) is 1.02. The van der Waals surface area contributed by atoms with Gasteiger partial charge in [0, 0.05) is 0 Å². The minimum Gasteiger partial charge on any atom is -0.484 e. The molecule has 0 saturated heterocycles. The topological polar surface area (TPSA) is 9.23 Å². The van der Waals surface area contributed by atoms with Gasteiger partial charge in [-0.15, -0.1) is 0 Å². The molecule has 0 aliphatic heterocycles. The Labute approximate surface area is 186 Å². The second kappa shape index (κ2) is 12.0. The predicted octanol–water partition coefficient (Wildman–Crippen LogP) is 8.83. The second-order valence-electron chi connectivity index (χ2n) is 9.78. The van der Waals surface area contributed by atoms with Gasteiger partial charge < -0.3 is 4.74 Å². The molecule has 0 unspecified atom stereocenters. The Hall–Kier alpha value is -1.45. The first-order chi connectivity index (χ1) is 14.9. The fourth-order valence-electron chi connectivity index (χ4n) is 5.53. The van der Waals surface area contributed by atoms with Crippen LogP contribution in [0.1, 0.15) is 89.5 Å². The molecular weight excluding hydrogens is 397 g/mol. The van der Waals surface area contributed by atoms with Gasteiger partial charge in [-0.3, -0.25) is 0 Å². The van der Waals surface area contributed by atoms with Crippen LogP contribution in [0.3, 0.4) is 0 Å². The Bertz CT molecular complexity index is 648. The molecule has 2 saturated carbocycles. The first-order valence-corrected chi connectivity index (χ1v) is 12.4. The van der Waals surface area contributed by atoms with Crippen molar-refractivity contribution in [2.24, 2.45) is 23.7 Å². The molecule has 1 nitrogen and oxygen atoms in total. The average molecular weight is 437 g/mol. The summed E-state index contributed by atoms with van der Waals surface area (Å²) in [5, 5.41) is 0. The summed E-state index contributed by atoms with van der Waals surface area (Å²) in [6, 6.07) is 6.88. The van der Waals surface area contributed by atoms with Gasteiger partial charge in [0.1, 0.15) is 5.75 Å². The highest BCUT2D eigenvalue weighted by Crippen LogP contribution is 2.42. The van der Waals surface area contributed by atoms with Gasteiger partial charge in [0.05, 0.1) is 0 Å². The van der Waals surface area contributed by atoms with E-state index in [1.165, 1.54) is 77.0 Å². The molecule has 0 amide bonds. The zero-order valence-corrected chi connectivity index (χ0v) is 19.0. The number of unbranched alkanes of at least 4 members (excludes halogenated alkanes) is 2. The summed E-state index contributed by atoms with van der Waals surface area (Å²) in [7, 11) is 0. The van der Waals surface area contributed by atoms with E-state index >= 15 is 0 Å². The molecule has 2 aliphatic rings. The highest BCUT2D eigenvalue weighted by molar-refractivity contribution is 5.50. The van der Waals surface area contributed by atoms with E-state index in [1.807, 2.05) is 12.1 Å². The first-order valence-electron chi connectivity index (χ1n) is 12.4. The lowest BCUT2D eigenvalue weighted by Crippen LogP contribution is -2.25. The Morgan fingerprint density at radius 3 is 2.06 bits per heavy atom. The number of rotatable bonds is 9. The molecule has 31 heavy (non-hydrogen) atoms. The lowest BCUT2D eigenvalue weighted by molar-refractivity contribution is -0.153. The maximum Gasteiger partial charge on any atom is 0.422 e. The van der Waals surface area contributed by atoms with E-state index in [9.17, 15) is 13.2 Å². The Morgan fingerprint density at radius 1 is 0.871 bits per heavy atom. The average Bonchev–Trinajstić information content (AvgIpc) is 2.77. The lowest BCUT2D eigenvalue weighted by Gasteiger charge is -2.37. The molecule has 1 aromatic carbocycles. The van der Waals surface area contributed by atoms with Crippen molar-refractivity contribution in [3.05, 3.63) is 35.9 Å². The molecule has 4 heteroatoms. The fourth-order valence-corrected chi connectivity index (χ4v) is 5.53. The van der Waals surface area contributed by atoms with Crippen molar-refractivity contribution in [1.82, 2.24) is 0 Å². The number of ether oxygens (including phenoxy) is 1. The SMILES string of the molecule is CCCCCC1CCC(C2CCC(C=Cc3ccc(OCC(F)(F)F)cc3)CC2)CC1. The van der Waals surface area contributed by atoms with Gasteiger partial charge in [-0.1, -0.05) is 69.7 Å². The maximum absolute atomic E-state index is 12.2. The summed E-state index contributed by atoms with van der Waals surface area (Å²) < 4.78 is 41.5. The Morgan fingerprint density at radius 2 is 1.48 bits per heavy atom. The van der Waals surface area contributed by atoms with Crippen molar-refractivity contribution in [3.8, 4) is 5.75 Å². The monoisotopic (exact) mass is 436 g/mol. The van der Waals surface area contributed by atoms with Crippen molar-refractivity contribution in [2.75, 3.05) is 6.61 Å². The number of hydrogen-bond donors (Lipinski definition) is 0. The third-order valence-corrected chi connectivity index (χ3v) is 7.43. The molecule has 0 heterocycles. The van der Waals surface area contributed by atoms with Crippen LogP contribution in [0.5, 0.6) is 5.75 Å². The van der Waals surface area contributed by atoms with Crippen LogP contribution in [0.25, 0.3) is 6.08 Å². The summed E-state index contributed by atoms with van der Waals surface area (Å²) in [6.07, 6.45) is 16.8. The zero-order valence-electron chi connectivity index (χ0n) is 19.0. The number of benzene rings is 1. The molecule has 2 aliphatic carbocycles. The first kappa shape index (κ1) is 24.2. The van der Waals surface area contributed by atoms with Crippen LogP contribution in [-0.2, 0) is 0 Å². The number of halogens is 3. The van der Waals surface area contributed by atoms with E-state index in [4.69, 9.17) is 4.74 Å². The standard InChI is InChI=1S/C27H39F3O/c1-2-3-4-5-21-8-14-24(15-9-21)25-16-10-22(11-17-25)6-7-23-12-18-26(19-13-23)31-20-27(28,29)30/h6-7,12-13,18-19,21-22,24-25H,2-5,8-11,14-17,20H2,1H3. The molecule has 0 aromatic heterocycles. The molecule has 3 rings (SSSR count). The van der Waals surface area contributed by atoms with Gasteiger partial charge in [0.2, 0.25) is 0 Å². The second-order valence-corrected chi connectivity index (χ2v) is 9.78. The van der Waals surface area contributed by atoms with Gasteiger partial charge >= 0.3 is 6.18 Å². The van der Waals surface area contributed by atoms with Crippen LogP contribution in [0.4, 0.5) is 13.2 Å². The molecule has 0 radical (unpaired) electrons. The van der Waals surface area contributed by atoms with Crippen molar-refractivity contribution < 1.29 is 17.9 Å². The van der Waals surface area contributed by atoms with E-state index in [1.54, 1.807) is 12.1 Å². The third-order valence-electron chi connectivity index (χ3n) is 7.43. The van der Waals surface area contributed by atoms with Gasteiger partial charge in [0.15, 0.2) is 6.61 Å². The molecule has 0 bridgehead atoms. The van der Waals surface area contributed by atoms with E-state index in [0.717, 1.165) is 23.3 Å². The van der Waals surface area contributed by atoms with Crippen LogP contribution >= 0.6 is 0 Å². The number of hydrogen-bond acceptors (Lipinski definition) is 1. The number of alkyl halides is 3. The van der Waals surface area contributed by atoms with E-state index in [2.05, 4.69) is 19.1 Å². The van der Waals surface area contributed by atoms with Crippen LogP contribution < -0.4 is 4.74 Å². The Balaban J connectivity index is 1.36. The van der Waals surface area contributed by atoms with Crippen molar-refractivity contribution in [1.29, 1.82) is 0 Å². The molecule has 174 valence electrons. The molecular formula is C27H39F3O. The molecule has 1 aromatic rings. The molecule has 0 N–H and O–H groups in total. The maximum atomic E-state index is 12.2. The van der Waals surface area contributed by atoms with Gasteiger partial charge in [0.25, 0.3) is 0 Å². The fraction of sp³-hybridized carbons (Fsp3) is 0.704. The quantitative estimate of drug-likeness (QED) is 0.351. The largest absolute Gasteiger partial charge is 0.484 e. The van der Waals surface area contributed by atoms with Gasteiger partial charge in [-0.05, 0) is 79.9 Å². The van der Waals surface area contributed by atoms with Crippen molar-refractivity contribution in [2.45, 2.75) is 90.1 Å². The third kappa shape index (κ3) is 8.54. The molecule has 0 spiro atoms. The zero-order chi connectivity index (χ0) is 22.1.